The number of hydrogen-bond acceptors (Lipinski definition) is 1. The minimum absolute atomic E-state index is 0.179. The van der Waals surface area contributed by atoms with E-state index in [9.17, 15) is 4.39 Å². The van der Waals surface area contributed by atoms with Crippen LogP contribution in [0.15, 0.2) is 21.5 Å². The maximum atomic E-state index is 12.8. The zero-order valence-corrected chi connectivity index (χ0v) is 10.3. The Bertz CT molecular complexity index is 277. The van der Waals surface area contributed by atoms with Crippen LogP contribution in [0.3, 0.4) is 0 Å². The van der Waals surface area contributed by atoms with Gasteiger partial charge in [0.2, 0.25) is 0 Å². The molecule has 0 bridgehead atoms. The molecule has 0 fully saturated rings. The number of rotatable bonds is 1. The highest BCUT2D eigenvalue weighted by molar-refractivity contribution is 14.1. The number of halogens is 3. The van der Waals surface area contributed by atoms with Gasteiger partial charge in [-0.15, -0.1) is 11.8 Å². The molecule has 0 nitrogen and oxygen atoms in total. The molecule has 1 aromatic rings. The summed E-state index contributed by atoms with van der Waals surface area (Å²) in [5, 5.41) is 0. The fraction of sp³-hybridized carbons (Fsp3) is 0.143. The Kier molecular flexibility index (Phi) is 3.64. The van der Waals surface area contributed by atoms with Crippen LogP contribution in [0.2, 0.25) is 0 Å². The van der Waals surface area contributed by atoms with Crippen molar-refractivity contribution in [1.29, 1.82) is 0 Å². The van der Waals surface area contributed by atoms with Crippen molar-refractivity contribution in [1.82, 2.24) is 0 Å². The molecule has 0 unspecified atom stereocenters. The first kappa shape index (κ1) is 9.80. The molecule has 1 rings (SSSR count). The molecule has 0 atom stereocenters. The quantitative estimate of drug-likeness (QED) is 0.422. The first-order valence-corrected chi connectivity index (χ1v) is 5.93. The molecule has 0 radical (unpaired) electrons. The standard InChI is InChI=1S/C7H5BrFIS/c1-11-6-3-4(9)2-5(10)7(6)8/h2-3H,1H3. The van der Waals surface area contributed by atoms with Gasteiger partial charge in [0.25, 0.3) is 0 Å². The van der Waals surface area contributed by atoms with E-state index in [1.165, 1.54) is 23.9 Å². The van der Waals surface area contributed by atoms with Gasteiger partial charge in [0.15, 0.2) is 0 Å². The lowest BCUT2D eigenvalue weighted by atomic mass is 10.3. The van der Waals surface area contributed by atoms with Crippen LogP contribution in [0.4, 0.5) is 4.39 Å². The summed E-state index contributed by atoms with van der Waals surface area (Å²) < 4.78 is 14.6. The molecule has 0 aliphatic carbocycles. The third kappa shape index (κ3) is 2.32. The fourth-order valence-corrected chi connectivity index (χ4v) is 2.69. The molecule has 0 N–H and O–H groups in total. The molecule has 0 saturated heterocycles. The maximum Gasteiger partial charge on any atom is 0.125 e. The third-order valence-electron chi connectivity index (χ3n) is 1.18. The average molecular weight is 347 g/mol. The van der Waals surface area contributed by atoms with Gasteiger partial charge in [-0.25, -0.2) is 4.39 Å². The third-order valence-corrected chi connectivity index (χ3v) is 4.65. The van der Waals surface area contributed by atoms with Gasteiger partial charge in [-0.3, -0.25) is 0 Å². The smallest absolute Gasteiger partial charge is 0.125 e. The van der Waals surface area contributed by atoms with Crippen LogP contribution in [0.25, 0.3) is 0 Å². The molecule has 60 valence electrons. The zero-order chi connectivity index (χ0) is 8.43. The zero-order valence-electron chi connectivity index (χ0n) is 5.70. The van der Waals surface area contributed by atoms with E-state index in [0.29, 0.717) is 0 Å². The second-order valence-corrected chi connectivity index (χ2v) is 4.71. The molecule has 1 aromatic carbocycles. The van der Waals surface area contributed by atoms with Crippen molar-refractivity contribution in [2.45, 2.75) is 4.90 Å². The summed E-state index contributed by atoms with van der Waals surface area (Å²) in [4.78, 5) is 0.939. The lowest BCUT2D eigenvalue weighted by molar-refractivity contribution is 0.622. The van der Waals surface area contributed by atoms with Gasteiger partial charge in [0.1, 0.15) is 5.82 Å². The fourth-order valence-electron chi connectivity index (χ4n) is 0.681. The Labute approximate surface area is 91.2 Å². The Hall–Kier alpha value is 0.710. The molecule has 0 heterocycles. The average Bonchev–Trinajstić information content (AvgIpc) is 1.96. The highest BCUT2D eigenvalue weighted by Gasteiger charge is 2.04. The van der Waals surface area contributed by atoms with E-state index in [1.54, 1.807) is 0 Å². The first-order chi connectivity index (χ1) is 5.15. The van der Waals surface area contributed by atoms with Crippen molar-refractivity contribution < 1.29 is 4.39 Å². The Morgan fingerprint density at radius 1 is 1.55 bits per heavy atom. The lowest BCUT2D eigenvalue weighted by Crippen LogP contribution is -1.82. The van der Waals surface area contributed by atoms with Crippen molar-refractivity contribution in [3.8, 4) is 0 Å². The second kappa shape index (κ2) is 4.09. The number of benzene rings is 1. The van der Waals surface area contributed by atoms with Gasteiger partial charge in [-0.05, 0) is 56.9 Å². The Morgan fingerprint density at radius 3 is 2.73 bits per heavy atom. The van der Waals surface area contributed by atoms with E-state index in [0.717, 1.165) is 12.9 Å². The molecule has 0 spiro atoms. The largest absolute Gasteiger partial charge is 0.207 e. The molecule has 0 aliphatic heterocycles. The van der Waals surface area contributed by atoms with Gasteiger partial charge in [-0.2, -0.15) is 0 Å². The minimum Gasteiger partial charge on any atom is -0.207 e. The van der Waals surface area contributed by atoms with Gasteiger partial charge in [-0.1, -0.05) is 0 Å². The summed E-state index contributed by atoms with van der Waals surface area (Å²) in [7, 11) is 0. The molecule has 0 aliphatic rings. The summed E-state index contributed by atoms with van der Waals surface area (Å²) in [6.07, 6.45) is 1.93. The van der Waals surface area contributed by atoms with Crippen molar-refractivity contribution in [3.05, 3.63) is 26.0 Å². The van der Waals surface area contributed by atoms with Crippen LogP contribution in [-0.4, -0.2) is 6.26 Å². The Morgan fingerprint density at radius 2 is 2.18 bits per heavy atom. The summed E-state index contributed by atoms with van der Waals surface area (Å²) in [5.74, 6) is -0.179. The van der Waals surface area contributed by atoms with Crippen molar-refractivity contribution in [2.24, 2.45) is 0 Å². The van der Waals surface area contributed by atoms with Crippen LogP contribution in [0.5, 0.6) is 0 Å². The van der Waals surface area contributed by atoms with Crippen molar-refractivity contribution in [2.75, 3.05) is 6.26 Å². The monoisotopic (exact) mass is 346 g/mol. The van der Waals surface area contributed by atoms with Gasteiger partial charge in [0.05, 0.1) is 0 Å². The summed E-state index contributed by atoms with van der Waals surface area (Å²) in [6, 6.07) is 3.03. The molecule has 0 aromatic heterocycles. The van der Waals surface area contributed by atoms with Crippen molar-refractivity contribution >= 4 is 50.3 Å². The number of hydrogen-bond donors (Lipinski definition) is 0. The van der Waals surface area contributed by atoms with Crippen molar-refractivity contribution in [3.63, 3.8) is 0 Å². The van der Waals surface area contributed by atoms with Gasteiger partial charge in [0, 0.05) is 12.9 Å². The predicted molar refractivity (Wildman–Crippen MR) is 58.6 cm³/mol. The van der Waals surface area contributed by atoms with E-state index in [1.807, 2.05) is 6.26 Å². The van der Waals surface area contributed by atoms with E-state index in [4.69, 9.17) is 0 Å². The maximum absolute atomic E-state index is 12.8. The predicted octanol–water partition coefficient (Wildman–Crippen LogP) is 3.91. The SMILES string of the molecule is CSc1cc(F)cc(I)c1Br. The molecular weight excluding hydrogens is 342 g/mol. The van der Waals surface area contributed by atoms with E-state index < -0.39 is 0 Å². The van der Waals surface area contributed by atoms with E-state index in [2.05, 4.69) is 38.5 Å². The van der Waals surface area contributed by atoms with Crippen LogP contribution in [0, 0.1) is 9.39 Å². The molecule has 4 heteroatoms. The van der Waals surface area contributed by atoms with E-state index in [-0.39, 0.29) is 5.82 Å². The van der Waals surface area contributed by atoms with Crippen LogP contribution < -0.4 is 0 Å². The van der Waals surface area contributed by atoms with Gasteiger partial charge >= 0.3 is 0 Å². The molecule has 0 amide bonds. The lowest BCUT2D eigenvalue weighted by Gasteiger charge is -2.02. The second-order valence-electron chi connectivity index (χ2n) is 1.90. The van der Waals surface area contributed by atoms with Crippen LogP contribution in [0.1, 0.15) is 0 Å². The first-order valence-electron chi connectivity index (χ1n) is 2.83. The highest BCUT2D eigenvalue weighted by Crippen LogP contribution is 2.30. The summed E-state index contributed by atoms with van der Waals surface area (Å²) in [5.41, 5.74) is 0. The van der Waals surface area contributed by atoms with Gasteiger partial charge < -0.3 is 0 Å². The Balaban J connectivity index is 3.24. The van der Waals surface area contributed by atoms with Crippen LogP contribution in [-0.2, 0) is 0 Å². The summed E-state index contributed by atoms with van der Waals surface area (Å²) in [6.45, 7) is 0. The van der Waals surface area contributed by atoms with E-state index >= 15 is 0 Å². The topological polar surface area (TPSA) is 0 Å². The molecular formula is C7H5BrFIS. The molecule has 0 saturated carbocycles. The molecule has 11 heavy (non-hydrogen) atoms. The highest BCUT2D eigenvalue weighted by atomic mass is 127. The normalized spacial score (nSPS) is 10.2. The van der Waals surface area contributed by atoms with Crippen LogP contribution >= 0.6 is 50.3 Å². The number of thioether (sulfide) groups is 1. The summed E-state index contributed by atoms with van der Waals surface area (Å²) >= 11 is 7.01. The minimum atomic E-state index is -0.179.